The van der Waals surface area contributed by atoms with E-state index in [1.165, 1.54) is 29.5 Å². The molecule has 0 bridgehead atoms. The van der Waals surface area contributed by atoms with Crippen LogP contribution in [0.5, 0.6) is 0 Å². The topological polar surface area (TPSA) is 24.9 Å². The highest BCUT2D eigenvalue weighted by molar-refractivity contribution is 7.15. The zero-order valence-electron chi connectivity index (χ0n) is 12.1. The molecule has 1 aromatic carbocycles. The molecule has 1 aromatic heterocycles. The highest BCUT2D eigenvalue weighted by atomic mass is 32.1. The van der Waals surface area contributed by atoms with Crippen molar-refractivity contribution >= 4 is 11.3 Å². The number of benzene rings is 1. The van der Waals surface area contributed by atoms with Crippen LogP contribution in [0, 0.1) is 11.6 Å². The molecular formula is C16H18F2N2S. The van der Waals surface area contributed by atoms with Crippen molar-refractivity contribution in [3.8, 4) is 10.6 Å². The van der Waals surface area contributed by atoms with E-state index in [1.807, 2.05) is 0 Å². The Balaban J connectivity index is 1.98. The lowest BCUT2D eigenvalue weighted by Crippen LogP contribution is -2.21. The largest absolute Gasteiger partial charge is 0.310 e. The lowest BCUT2D eigenvalue weighted by molar-refractivity contribution is 0.589. The Morgan fingerprint density at radius 2 is 1.95 bits per heavy atom. The van der Waals surface area contributed by atoms with Gasteiger partial charge < -0.3 is 5.32 Å². The Bertz CT molecular complexity index is 627. The smallest absolute Gasteiger partial charge is 0.136 e. The number of hydrogen-bond acceptors (Lipinski definition) is 3. The van der Waals surface area contributed by atoms with Gasteiger partial charge in [-0.15, -0.1) is 11.3 Å². The van der Waals surface area contributed by atoms with Crippen LogP contribution >= 0.6 is 11.3 Å². The second kappa shape index (κ2) is 5.81. The van der Waals surface area contributed by atoms with Gasteiger partial charge in [-0.2, -0.15) is 0 Å². The summed E-state index contributed by atoms with van der Waals surface area (Å²) in [6.45, 7) is 4.86. The summed E-state index contributed by atoms with van der Waals surface area (Å²) < 4.78 is 27.8. The lowest BCUT2D eigenvalue weighted by Gasteiger charge is -2.07. The highest BCUT2D eigenvalue weighted by Crippen LogP contribution is 2.44. The second-order valence-electron chi connectivity index (χ2n) is 5.73. The number of hydrogen-bond donors (Lipinski definition) is 1. The number of nitrogens with zero attached hydrogens (tertiary/aromatic N) is 1. The molecule has 1 heterocycles. The summed E-state index contributed by atoms with van der Waals surface area (Å²) >= 11 is 1.40. The number of thiazole rings is 1. The number of rotatable bonds is 5. The van der Waals surface area contributed by atoms with Gasteiger partial charge in [-0.25, -0.2) is 13.8 Å². The predicted octanol–water partition coefficient (Wildman–Crippen LogP) is 4.46. The van der Waals surface area contributed by atoms with Gasteiger partial charge in [-0.05, 0) is 25.0 Å². The molecule has 5 heteroatoms. The molecule has 1 aliphatic rings. The van der Waals surface area contributed by atoms with E-state index in [1.54, 1.807) is 0 Å². The average molecular weight is 308 g/mol. The molecule has 1 aliphatic carbocycles. The number of halogens is 2. The minimum atomic E-state index is -0.547. The summed E-state index contributed by atoms with van der Waals surface area (Å²) in [5.74, 6) is -0.627. The van der Waals surface area contributed by atoms with Crippen LogP contribution in [0.1, 0.15) is 43.2 Å². The zero-order valence-corrected chi connectivity index (χ0v) is 12.9. The first-order valence-corrected chi connectivity index (χ1v) is 8.05. The Morgan fingerprint density at radius 3 is 2.52 bits per heavy atom. The highest BCUT2D eigenvalue weighted by Gasteiger charge is 2.30. The van der Waals surface area contributed by atoms with Crippen LogP contribution in [0.3, 0.4) is 0 Å². The van der Waals surface area contributed by atoms with Gasteiger partial charge in [0.2, 0.25) is 0 Å². The van der Waals surface area contributed by atoms with Gasteiger partial charge in [0, 0.05) is 23.4 Å². The number of aromatic nitrogens is 1. The van der Waals surface area contributed by atoms with E-state index in [-0.39, 0.29) is 5.56 Å². The number of nitrogens with one attached hydrogen (secondary N) is 1. The molecule has 112 valence electrons. The molecule has 0 saturated heterocycles. The Labute approximate surface area is 127 Å². The fourth-order valence-electron chi connectivity index (χ4n) is 2.27. The molecule has 1 saturated carbocycles. The molecule has 2 aromatic rings. The standard InChI is InChI=1S/C16H18F2N2S/c1-9(2)19-8-13-15(10-6-7-10)20-16(21-13)14-11(17)4-3-5-12(14)18/h3-5,9-10,19H,6-8H2,1-2H3. The monoisotopic (exact) mass is 308 g/mol. The van der Waals surface area contributed by atoms with Crippen LogP contribution in [0.4, 0.5) is 8.78 Å². The third-order valence-electron chi connectivity index (χ3n) is 3.54. The van der Waals surface area contributed by atoms with Crippen LogP contribution in [0.2, 0.25) is 0 Å². The maximum Gasteiger partial charge on any atom is 0.136 e. The van der Waals surface area contributed by atoms with Crippen molar-refractivity contribution in [1.29, 1.82) is 0 Å². The molecule has 1 fully saturated rings. The van der Waals surface area contributed by atoms with Crippen molar-refractivity contribution in [3.63, 3.8) is 0 Å². The van der Waals surface area contributed by atoms with Gasteiger partial charge in [0.1, 0.15) is 16.6 Å². The van der Waals surface area contributed by atoms with Gasteiger partial charge in [0.25, 0.3) is 0 Å². The summed E-state index contributed by atoms with van der Waals surface area (Å²) in [4.78, 5) is 5.64. The molecule has 21 heavy (non-hydrogen) atoms. The molecule has 0 spiro atoms. The zero-order chi connectivity index (χ0) is 15.0. The van der Waals surface area contributed by atoms with E-state index in [9.17, 15) is 8.78 Å². The van der Waals surface area contributed by atoms with E-state index in [2.05, 4.69) is 24.1 Å². The van der Waals surface area contributed by atoms with E-state index in [4.69, 9.17) is 0 Å². The molecule has 0 atom stereocenters. The normalized spacial score (nSPS) is 14.9. The molecule has 0 amide bonds. The molecule has 3 rings (SSSR count). The first-order chi connectivity index (χ1) is 10.1. The van der Waals surface area contributed by atoms with Crippen LogP contribution in [0.25, 0.3) is 10.6 Å². The maximum absolute atomic E-state index is 13.9. The van der Waals surface area contributed by atoms with Gasteiger partial charge in [0.05, 0.1) is 11.3 Å². The Morgan fingerprint density at radius 1 is 1.29 bits per heavy atom. The van der Waals surface area contributed by atoms with E-state index in [0.717, 1.165) is 23.4 Å². The van der Waals surface area contributed by atoms with E-state index >= 15 is 0 Å². The molecule has 2 nitrogen and oxygen atoms in total. The van der Waals surface area contributed by atoms with Crippen LogP contribution in [-0.4, -0.2) is 11.0 Å². The molecule has 0 radical (unpaired) electrons. The minimum Gasteiger partial charge on any atom is -0.310 e. The van der Waals surface area contributed by atoms with E-state index in [0.29, 0.717) is 23.5 Å². The van der Waals surface area contributed by atoms with Gasteiger partial charge >= 0.3 is 0 Å². The SMILES string of the molecule is CC(C)NCc1sc(-c2c(F)cccc2F)nc1C1CC1. The summed E-state index contributed by atoms with van der Waals surface area (Å²) in [5, 5.41) is 3.81. The average Bonchev–Trinajstić information content (AvgIpc) is 3.18. The van der Waals surface area contributed by atoms with Crippen molar-refractivity contribution in [2.75, 3.05) is 0 Å². The first-order valence-electron chi connectivity index (χ1n) is 7.23. The van der Waals surface area contributed by atoms with Crippen LogP contribution in [0.15, 0.2) is 18.2 Å². The van der Waals surface area contributed by atoms with E-state index < -0.39 is 11.6 Å². The van der Waals surface area contributed by atoms with Crippen molar-refractivity contribution in [2.45, 2.75) is 45.2 Å². The van der Waals surface area contributed by atoms with Gasteiger partial charge in [-0.1, -0.05) is 19.9 Å². The summed E-state index contributed by atoms with van der Waals surface area (Å²) in [6.07, 6.45) is 2.25. The molecular weight excluding hydrogens is 290 g/mol. The fraction of sp³-hybridized carbons (Fsp3) is 0.438. The minimum absolute atomic E-state index is 0.000182. The Hall–Kier alpha value is -1.33. The third-order valence-corrected chi connectivity index (χ3v) is 4.63. The van der Waals surface area contributed by atoms with Gasteiger partial charge in [-0.3, -0.25) is 0 Å². The maximum atomic E-state index is 13.9. The fourth-order valence-corrected chi connectivity index (χ4v) is 3.42. The molecule has 0 aliphatic heterocycles. The quantitative estimate of drug-likeness (QED) is 0.882. The molecule has 0 unspecified atom stereocenters. The Kier molecular flexibility index (Phi) is 4.04. The van der Waals surface area contributed by atoms with Crippen LogP contribution < -0.4 is 5.32 Å². The summed E-state index contributed by atoms with van der Waals surface area (Å²) in [7, 11) is 0. The predicted molar refractivity (Wildman–Crippen MR) is 81.4 cm³/mol. The van der Waals surface area contributed by atoms with Crippen molar-refractivity contribution in [1.82, 2.24) is 10.3 Å². The lowest BCUT2D eigenvalue weighted by atomic mass is 10.2. The third kappa shape index (κ3) is 3.14. The molecule has 1 N–H and O–H groups in total. The summed E-state index contributed by atoms with van der Waals surface area (Å²) in [5.41, 5.74) is 1.02. The van der Waals surface area contributed by atoms with Crippen LogP contribution in [-0.2, 0) is 6.54 Å². The van der Waals surface area contributed by atoms with Crippen molar-refractivity contribution in [2.24, 2.45) is 0 Å². The van der Waals surface area contributed by atoms with Crippen molar-refractivity contribution < 1.29 is 8.78 Å². The summed E-state index contributed by atoms with van der Waals surface area (Å²) in [6, 6.07) is 4.31. The second-order valence-corrected chi connectivity index (χ2v) is 6.82. The first kappa shape index (κ1) is 14.6. The van der Waals surface area contributed by atoms with Crippen molar-refractivity contribution in [3.05, 3.63) is 40.4 Å². The van der Waals surface area contributed by atoms with Gasteiger partial charge in [0.15, 0.2) is 0 Å².